The summed E-state index contributed by atoms with van der Waals surface area (Å²) in [4.78, 5) is 20.5. The number of likely N-dealkylation sites (N-methyl/N-ethyl adjacent to an activating group) is 1. The van der Waals surface area contributed by atoms with E-state index in [0.717, 1.165) is 80.2 Å². The molecule has 0 atom stereocenters. The summed E-state index contributed by atoms with van der Waals surface area (Å²) < 4.78 is 4.51. The van der Waals surface area contributed by atoms with Gasteiger partial charge in [-0.25, -0.2) is 19.9 Å². The molecule has 238 valence electrons. The zero-order chi connectivity index (χ0) is 32.2. The molecule has 0 radical (unpaired) electrons. The molecule has 0 bridgehead atoms. The van der Waals surface area contributed by atoms with Gasteiger partial charge in [-0.15, -0.1) is 0 Å². The van der Waals surface area contributed by atoms with Crippen LogP contribution in [0, 0.1) is 11.8 Å². The summed E-state index contributed by atoms with van der Waals surface area (Å²) in [5.41, 5.74) is 17.8. The number of hydrogen-bond donors (Lipinski definition) is 3. The third-order valence-corrected chi connectivity index (χ3v) is 8.66. The number of aromatic nitrogens is 6. The number of benzene rings is 2. The van der Waals surface area contributed by atoms with E-state index in [4.69, 9.17) is 21.4 Å². The maximum Gasteiger partial charge on any atom is 0.206 e. The summed E-state index contributed by atoms with van der Waals surface area (Å²) in [6.45, 7) is 13.4. The Morgan fingerprint density at radius 1 is 0.778 bits per heavy atom. The highest BCUT2D eigenvalue weighted by Gasteiger charge is 2.20. The smallest absolute Gasteiger partial charge is 0.206 e. The van der Waals surface area contributed by atoms with Crippen LogP contribution in [0.25, 0.3) is 43.9 Å². The minimum atomic E-state index is 0.0792. The van der Waals surface area contributed by atoms with E-state index in [1.54, 1.807) is 11.8 Å². The number of nitrogen functional groups attached to an aromatic ring is 2. The Hall–Kier alpha value is -4.09. The SMILES string of the molecule is CC(C)Cn1c(N(C)CCO)nc2c(N)nc3ccccc3c21.CCCSc1nc2c(N)nc3ccccc3c2n1CC(C)C. The Bertz CT molecular complexity index is 1930. The molecule has 2 aromatic carbocycles. The fourth-order valence-corrected chi connectivity index (χ4v) is 6.47. The van der Waals surface area contributed by atoms with E-state index >= 15 is 0 Å². The van der Waals surface area contributed by atoms with E-state index in [1.165, 1.54) is 0 Å². The van der Waals surface area contributed by atoms with Crippen LogP contribution in [0.1, 0.15) is 41.0 Å². The number of nitrogens with two attached hydrogens (primary N) is 2. The molecule has 4 aromatic heterocycles. The summed E-state index contributed by atoms with van der Waals surface area (Å²) in [7, 11) is 1.93. The lowest BCUT2D eigenvalue weighted by molar-refractivity contribution is 0.303. The molecule has 11 heteroatoms. The van der Waals surface area contributed by atoms with Crippen molar-refractivity contribution in [2.45, 2.75) is 59.3 Å². The minimum Gasteiger partial charge on any atom is -0.395 e. The fraction of sp³-hybridized carbons (Fsp3) is 0.412. The third-order valence-electron chi connectivity index (χ3n) is 7.47. The van der Waals surface area contributed by atoms with Crippen LogP contribution in [0.3, 0.4) is 0 Å². The topological polar surface area (TPSA) is 137 Å². The lowest BCUT2D eigenvalue weighted by Crippen LogP contribution is -2.25. The van der Waals surface area contributed by atoms with Crippen LogP contribution in [0.15, 0.2) is 53.7 Å². The predicted molar refractivity (Wildman–Crippen MR) is 190 cm³/mol. The first kappa shape index (κ1) is 32.3. The number of anilines is 3. The van der Waals surface area contributed by atoms with Crippen molar-refractivity contribution in [1.29, 1.82) is 0 Å². The molecule has 0 aliphatic heterocycles. The number of imidazole rings is 2. The average molecular weight is 628 g/mol. The zero-order valence-electron chi connectivity index (χ0n) is 27.2. The second kappa shape index (κ2) is 13.9. The van der Waals surface area contributed by atoms with Crippen LogP contribution < -0.4 is 16.4 Å². The summed E-state index contributed by atoms with van der Waals surface area (Å²) in [6, 6.07) is 16.1. The number of nitrogens with zero attached hydrogens (tertiary/aromatic N) is 7. The Morgan fingerprint density at radius 3 is 1.82 bits per heavy atom. The normalized spacial score (nSPS) is 11.8. The van der Waals surface area contributed by atoms with Crippen molar-refractivity contribution < 1.29 is 5.11 Å². The van der Waals surface area contributed by atoms with Crippen molar-refractivity contribution in [2.75, 3.05) is 42.3 Å². The number of thioether (sulfide) groups is 1. The van der Waals surface area contributed by atoms with Crippen LogP contribution in [-0.2, 0) is 13.1 Å². The van der Waals surface area contributed by atoms with Crippen molar-refractivity contribution in [3.05, 3.63) is 48.5 Å². The second-order valence-corrected chi connectivity index (χ2v) is 13.3. The quantitative estimate of drug-likeness (QED) is 0.144. The molecule has 0 amide bonds. The van der Waals surface area contributed by atoms with Gasteiger partial charge in [0.25, 0.3) is 0 Å². The summed E-state index contributed by atoms with van der Waals surface area (Å²) in [5.74, 6) is 3.85. The Morgan fingerprint density at radius 2 is 1.29 bits per heavy atom. The van der Waals surface area contributed by atoms with Crippen LogP contribution in [-0.4, -0.2) is 60.1 Å². The minimum absolute atomic E-state index is 0.0792. The molecule has 5 N–H and O–H groups in total. The average Bonchev–Trinajstić information content (AvgIpc) is 3.56. The van der Waals surface area contributed by atoms with Crippen molar-refractivity contribution in [2.24, 2.45) is 11.8 Å². The standard InChI is InChI=1S/C17H23N5O.C17H22N4S/c1-11(2)10-22-15-12-6-4-5-7-13(12)19-16(18)14(15)20-17(22)21(3)8-9-23;1-4-9-22-17-20-14-15(21(17)10-11(2)3)12-7-5-6-8-13(12)19-16(14)18/h4-7,11,23H,8-10H2,1-3H3,(H2,18,19);5-8,11H,4,9-10H2,1-3H3,(H2,18,19). The van der Waals surface area contributed by atoms with Gasteiger partial charge in [-0.3, -0.25) is 0 Å². The Balaban J connectivity index is 0.000000178. The first-order valence-electron chi connectivity index (χ1n) is 15.7. The fourth-order valence-electron chi connectivity index (χ4n) is 5.60. The molecular weight excluding hydrogens is 583 g/mol. The van der Waals surface area contributed by atoms with Gasteiger partial charge in [-0.05, 0) is 30.4 Å². The van der Waals surface area contributed by atoms with Crippen LogP contribution in [0.2, 0.25) is 0 Å². The molecule has 0 unspecified atom stereocenters. The van der Waals surface area contributed by atoms with Gasteiger partial charge < -0.3 is 30.6 Å². The highest BCUT2D eigenvalue weighted by Crippen LogP contribution is 2.34. The van der Waals surface area contributed by atoms with Crippen molar-refractivity contribution in [3.8, 4) is 0 Å². The lowest BCUT2D eigenvalue weighted by atomic mass is 10.1. The molecule has 45 heavy (non-hydrogen) atoms. The summed E-state index contributed by atoms with van der Waals surface area (Å²) in [6.07, 6.45) is 1.13. The molecule has 6 rings (SSSR count). The van der Waals surface area contributed by atoms with Gasteiger partial charge in [-0.2, -0.15) is 0 Å². The number of aliphatic hydroxyl groups excluding tert-OH is 1. The third kappa shape index (κ3) is 6.64. The van der Waals surface area contributed by atoms with Gasteiger partial charge in [-0.1, -0.05) is 82.8 Å². The van der Waals surface area contributed by atoms with Gasteiger partial charge in [0.05, 0.1) is 28.7 Å². The summed E-state index contributed by atoms with van der Waals surface area (Å²) >= 11 is 1.80. The molecule has 0 saturated carbocycles. The molecule has 0 aliphatic rings. The molecule has 10 nitrogen and oxygen atoms in total. The molecular formula is C34H45N9OS. The van der Waals surface area contributed by atoms with E-state index in [9.17, 15) is 5.11 Å². The molecule has 4 heterocycles. The highest BCUT2D eigenvalue weighted by molar-refractivity contribution is 7.99. The van der Waals surface area contributed by atoms with Crippen molar-refractivity contribution in [3.63, 3.8) is 0 Å². The van der Waals surface area contributed by atoms with Gasteiger partial charge in [0, 0.05) is 43.2 Å². The second-order valence-electron chi connectivity index (χ2n) is 12.2. The van der Waals surface area contributed by atoms with Crippen molar-refractivity contribution >= 4 is 73.2 Å². The van der Waals surface area contributed by atoms with Crippen LogP contribution in [0.5, 0.6) is 0 Å². The molecule has 0 fully saturated rings. The molecule has 6 aromatic rings. The zero-order valence-corrected chi connectivity index (χ0v) is 28.0. The maximum atomic E-state index is 9.26. The first-order valence-corrected chi connectivity index (χ1v) is 16.7. The maximum absolute atomic E-state index is 9.26. The van der Waals surface area contributed by atoms with E-state index in [-0.39, 0.29) is 6.61 Å². The lowest BCUT2D eigenvalue weighted by Gasteiger charge is -2.20. The van der Waals surface area contributed by atoms with Crippen LogP contribution in [0.4, 0.5) is 17.6 Å². The Labute approximate surface area is 268 Å². The predicted octanol–water partition coefficient (Wildman–Crippen LogP) is 6.58. The first-order chi connectivity index (χ1) is 21.6. The summed E-state index contributed by atoms with van der Waals surface area (Å²) in [5, 5.41) is 12.5. The largest absolute Gasteiger partial charge is 0.395 e. The van der Waals surface area contributed by atoms with Gasteiger partial charge in [0.15, 0.2) is 16.8 Å². The van der Waals surface area contributed by atoms with E-state index < -0.39 is 0 Å². The highest BCUT2D eigenvalue weighted by atomic mass is 32.2. The number of rotatable bonds is 10. The molecule has 0 spiro atoms. The number of para-hydroxylation sites is 2. The van der Waals surface area contributed by atoms with Gasteiger partial charge in [0.2, 0.25) is 5.95 Å². The van der Waals surface area contributed by atoms with Crippen molar-refractivity contribution in [1.82, 2.24) is 29.1 Å². The van der Waals surface area contributed by atoms with Gasteiger partial charge >= 0.3 is 0 Å². The molecule has 0 saturated heterocycles. The molecule has 0 aliphatic carbocycles. The van der Waals surface area contributed by atoms with Crippen LogP contribution >= 0.6 is 11.8 Å². The number of fused-ring (bicyclic) bond motifs is 6. The number of hydrogen-bond acceptors (Lipinski definition) is 9. The van der Waals surface area contributed by atoms with E-state index in [0.29, 0.717) is 30.0 Å². The number of pyridine rings is 2. The monoisotopic (exact) mass is 627 g/mol. The Kier molecular flexibility index (Phi) is 9.99. The van der Waals surface area contributed by atoms with E-state index in [2.05, 4.69) is 65.9 Å². The van der Waals surface area contributed by atoms with Gasteiger partial charge in [0.1, 0.15) is 11.0 Å². The van der Waals surface area contributed by atoms with E-state index in [1.807, 2.05) is 48.3 Å². The number of aliphatic hydroxyl groups is 1.